The zero-order chi connectivity index (χ0) is 11.8. The Morgan fingerprint density at radius 1 is 1.53 bits per heavy atom. The highest BCUT2D eigenvalue weighted by molar-refractivity contribution is 9.10. The molecule has 0 amide bonds. The molecule has 0 saturated heterocycles. The summed E-state index contributed by atoms with van der Waals surface area (Å²) in [5, 5.41) is 4.83. The van der Waals surface area contributed by atoms with Crippen LogP contribution in [0.15, 0.2) is 15.6 Å². The van der Waals surface area contributed by atoms with E-state index < -0.39 is 27.0 Å². The number of pyridine rings is 1. The highest BCUT2D eigenvalue weighted by Gasteiger charge is 2.26. The van der Waals surface area contributed by atoms with Crippen molar-refractivity contribution < 1.29 is 17.2 Å². The van der Waals surface area contributed by atoms with Crippen molar-refractivity contribution in [3.05, 3.63) is 21.9 Å². The summed E-state index contributed by atoms with van der Waals surface area (Å²) in [6.45, 7) is 1.53. The molecule has 0 aliphatic rings. The van der Waals surface area contributed by atoms with Crippen molar-refractivity contribution in [2.75, 3.05) is 0 Å². The Bertz CT molecular complexity index is 490. The minimum absolute atomic E-state index is 0.0234. The Balaban J connectivity index is 3.65. The molecule has 8 heteroatoms. The summed E-state index contributed by atoms with van der Waals surface area (Å²) in [5.41, 5.74) is -0.418. The van der Waals surface area contributed by atoms with Gasteiger partial charge in [-0.1, -0.05) is 0 Å². The minimum atomic E-state index is -4.22. The molecule has 1 aromatic rings. The molecule has 84 valence electrons. The van der Waals surface area contributed by atoms with Gasteiger partial charge in [0.15, 0.2) is 0 Å². The number of sulfonamides is 1. The highest BCUT2D eigenvalue weighted by Crippen LogP contribution is 2.31. The first-order chi connectivity index (χ1) is 6.75. The standard InChI is InChI=1S/C7H7BrF2N2O2S/c1-3-2-12-5(7(9)10)6(4(3)8)15(11,13)14/h2,7H,1H3,(H2,11,13,14). The van der Waals surface area contributed by atoms with Gasteiger partial charge >= 0.3 is 0 Å². The first-order valence-corrected chi connectivity index (χ1v) is 6.05. The van der Waals surface area contributed by atoms with E-state index in [0.29, 0.717) is 5.56 Å². The average molecular weight is 301 g/mol. The van der Waals surface area contributed by atoms with Crippen LogP contribution < -0.4 is 5.14 Å². The molecule has 1 heterocycles. The lowest BCUT2D eigenvalue weighted by molar-refractivity contribution is 0.142. The molecule has 0 aliphatic carbocycles. The molecular weight excluding hydrogens is 294 g/mol. The lowest BCUT2D eigenvalue weighted by Crippen LogP contribution is -2.17. The van der Waals surface area contributed by atoms with Crippen LogP contribution in [0.5, 0.6) is 0 Å². The molecule has 15 heavy (non-hydrogen) atoms. The molecule has 2 N–H and O–H groups in total. The maximum absolute atomic E-state index is 12.5. The van der Waals surface area contributed by atoms with Gasteiger partial charge < -0.3 is 0 Å². The number of nitrogens with two attached hydrogens (primary N) is 1. The summed E-state index contributed by atoms with van der Waals surface area (Å²) >= 11 is 2.90. The summed E-state index contributed by atoms with van der Waals surface area (Å²) in [5.74, 6) is 0. The van der Waals surface area contributed by atoms with Crippen molar-refractivity contribution in [1.29, 1.82) is 0 Å². The number of hydrogen-bond donors (Lipinski definition) is 1. The van der Waals surface area contributed by atoms with Crippen molar-refractivity contribution in [1.82, 2.24) is 4.98 Å². The molecule has 0 unspecified atom stereocenters. The van der Waals surface area contributed by atoms with Gasteiger partial charge in [0.2, 0.25) is 10.0 Å². The van der Waals surface area contributed by atoms with Crippen LogP contribution >= 0.6 is 15.9 Å². The van der Waals surface area contributed by atoms with Crippen LogP contribution in [-0.2, 0) is 10.0 Å². The minimum Gasteiger partial charge on any atom is -0.253 e. The van der Waals surface area contributed by atoms with Crippen LogP contribution in [0.2, 0.25) is 0 Å². The third-order valence-corrected chi connectivity index (χ3v) is 3.93. The smallest absolute Gasteiger partial charge is 0.253 e. The Morgan fingerprint density at radius 2 is 2.07 bits per heavy atom. The molecule has 0 aliphatic heterocycles. The van der Waals surface area contributed by atoms with E-state index >= 15 is 0 Å². The summed E-state index contributed by atoms with van der Waals surface area (Å²) in [4.78, 5) is 2.71. The molecule has 0 radical (unpaired) electrons. The summed E-state index contributed by atoms with van der Waals surface area (Å²) in [7, 11) is -4.22. The van der Waals surface area contributed by atoms with Crippen LogP contribution in [-0.4, -0.2) is 13.4 Å². The fourth-order valence-corrected chi connectivity index (χ4v) is 2.83. The largest absolute Gasteiger partial charge is 0.281 e. The molecule has 0 saturated carbocycles. The van der Waals surface area contributed by atoms with Gasteiger partial charge in [-0.25, -0.2) is 22.3 Å². The summed E-state index contributed by atoms with van der Waals surface area (Å²) in [6, 6.07) is 0. The van der Waals surface area contributed by atoms with Crippen molar-refractivity contribution in [2.45, 2.75) is 18.2 Å². The quantitative estimate of drug-likeness (QED) is 0.904. The van der Waals surface area contributed by atoms with E-state index in [1.54, 1.807) is 0 Å². The van der Waals surface area contributed by atoms with E-state index in [4.69, 9.17) is 5.14 Å². The normalized spacial score (nSPS) is 12.1. The zero-order valence-corrected chi connectivity index (χ0v) is 9.94. The number of alkyl halides is 2. The number of halogens is 3. The Labute approximate surface area is 93.7 Å². The highest BCUT2D eigenvalue weighted by atomic mass is 79.9. The van der Waals surface area contributed by atoms with Crippen molar-refractivity contribution in [2.24, 2.45) is 5.14 Å². The van der Waals surface area contributed by atoms with E-state index in [2.05, 4.69) is 20.9 Å². The van der Waals surface area contributed by atoms with Crippen molar-refractivity contribution in [3.63, 3.8) is 0 Å². The molecular formula is C7H7BrF2N2O2S. The number of aryl methyl sites for hydroxylation is 1. The van der Waals surface area contributed by atoms with Gasteiger partial charge in [-0.3, -0.25) is 4.98 Å². The molecule has 0 aromatic carbocycles. The zero-order valence-electron chi connectivity index (χ0n) is 7.54. The Hall–Kier alpha value is -0.600. The van der Waals surface area contributed by atoms with Gasteiger partial charge in [-0.2, -0.15) is 0 Å². The second-order valence-corrected chi connectivity index (χ2v) is 5.11. The fraction of sp³-hybridized carbons (Fsp3) is 0.286. The van der Waals surface area contributed by atoms with Crippen LogP contribution in [0.3, 0.4) is 0 Å². The van der Waals surface area contributed by atoms with Crippen LogP contribution in [0, 0.1) is 6.92 Å². The van der Waals surface area contributed by atoms with Gasteiger partial charge in [-0.15, -0.1) is 0 Å². The van der Waals surface area contributed by atoms with E-state index in [1.807, 2.05) is 0 Å². The summed E-state index contributed by atoms with van der Waals surface area (Å²) < 4.78 is 47.2. The van der Waals surface area contributed by atoms with Crippen molar-refractivity contribution >= 4 is 26.0 Å². The predicted molar refractivity (Wildman–Crippen MR) is 53.0 cm³/mol. The van der Waals surface area contributed by atoms with Gasteiger partial charge in [0.25, 0.3) is 6.43 Å². The monoisotopic (exact) mass is 300 g/mol. The van der Waals surface area contributed by atoms with Crippen LogP contribution in [0.4, 0.5) is 8.78 Å². The second-order valence-electron chi connectivity index (χ2n) is 2.82. The molecule has 1 aromatic heterocycles. The van der Waals surface area contributed by atoms with Gasteiger partial charge in [0.1, 0.15) is 10.6 Å². The topological polar surface area (TPSA) is 73.0 Å². The lowest BCUT2D eigenvalue weighted by Gasteiger charge is -2.09. The van der Waals surface area contributed by atoms with Gasteiger partial charge in [0, 0.05) is 10.7 Å². The average Bonchev–Trinajstić information content (AvgIpc) is 2.06. The number of rotatable bonds is 2. The molecule has 0 bridgehead atoms. The Morgan fingerprint density at radius 3 is 2.47 bits per heavy atom. The maximum atomic E-state index is 12.5. The van der Waals surface area contributed by atoms with Crippen LogP contribution in [0.1, 0.15) is 17.7 Å². The van der Waals surface area contributed by atoms with E-state index in [-0.39, 0.29) is 4.47 Å². The molecule has 1 rings (SSSR count). The second kappa shape index (κ2) is 4.11. The van der Waals surface area contributed by atoms with E-state index in [1.165, 1.54) is 6.92 Å². The molecule has 0 spiro atoms. The lowest BCUT2D eigenvalue weighted by atomic mass is 10.3. The number of primary sulfonamides is 1. The third-order valence-electron chi connectivity index (χ3n) is 1.67. The van der Waals surface area contributed by atoms with E-state index in [9.17, 15) is 17.2 Å². The molecule has 4 nitrogen and oxygen atoms in total. The number of aromatic nitrogens is 1. The Kier molecular flexibility index (Phi) is 3.41. The number of hydrogen-bond acceptors (Lipinski definition) is 3. The van der Waals surface area contributed by atoms with Crippen molar-refractivity contribution in [3.8, 4) is 0 Å². The predicted octanol–water partition coefficient (Wildman–Crippen LogP) is 1.74. The maximum Gasteiger partial charge on any atom is 0.281 e. The third kappa shape index (κ3) is 2.50. The fourth-order valence-electron chi connectivity index (χ4n) is 0.999. The molecule has 0 fully saturated rings. The van der Waals surface area contributed by atoms with Gasteiger partial charge in [0.05, 0.1) is 0 Å². The van der Waals surface area contributed by atoms with Gasteiger partial charge in [-0.05, 0) is 28.4 Å². The summed E-state index contributed by atoms with van der Waals surface area (Å²) in [6.07, 6.45) is -1.84. The first kappa shape index (κ1) is 12.5. The van der Waals surface area contributed by atoms with Crippen LogP contribution in [0.25, 0.3) is 0 Å². The molecule has 0 atom stereocenters. The SMILES string of the molecule is Cc1cnc(C(F)F)c(S(N)(=O)=O)c1Br. The first-order valence-electron chi connectivity index (χ1n) is 3.71. The number of nitrogens with zero attached hydrogens (tertiary/aromatic N) is 1. The van der Waals surface area contributed by atoms with E-state index in [0.717, 1.165) is 6.20 Å².